The van der Waals surface area contributed by atoms with Crippen LogP contribution in [0.15, 0.2) is 42.5 Å². The Labute approximate surface area is 165 Å². The number of nitrogens with zero attached hydrogens (tertiary/aromatic N) is 1. The topological polar surface area (TPSA) is 88.4 Å². The molecule has 1 unspecified atom stereocenters. The summed E-state index contributed by atoms with van der Waals surface area (Å²) < 4.78 is 11.0. The number of hydrogen-bond donors (Lipinski definition) is 1. The fraction of sp³-hybridized carbons (Fsp3) is 0.318. The van der Waals surface area contributed by atoms with Gasteiger partial charge in [0.2, 0.25) is 5.91 Å². The van der Waals surface area contributed by atoms with E-state index in [9.17, 15) is 14.9 Å². The number of nitriles is 1. The van der Waals surface area contributed by atoms with Gasteiger partial charge in [0.1, 0.15) is 0 Å². The Bertz CT molecular complexity index is 869. The van der Waals surface area contributed by atoms with E-state index in [-0.39, 0.29) is 5.56 Å². The zero-order valence-electron chi connectivity index (χ0n) is 16.3. The summed E-state index contributed by atoms with van der Waals surface area (Å²) in [6.45, 7) is 6.55. The standard InChI is InChI=1S/C22H24N2O4/c1-4-15-7-10-17(11-8-15)24-22(26)18(14-23)21(25)16-9-12-19(27-5-2)20(13-16)28-6-3/h7-13,18H,4-6H2,1-3H3,(H,24,26). The van der Waals surface area contributed by atoms with Gasteiger partial charge in [-0.3, -0.25) is 9.59 Å². The SMILES string of the molecule is CCOc1ccc(C(=O)C(C#N)C(=O)Nc2ccc(CC)cc2)cc1OCC. The van der Waals surface area contributed by atoms with E-state index in [0.29, 0.717) is 30.4 Å². The highest BCUT2D eigenvalue weighted by molar-refractivity contribution is 6.15. The maximum absolute atomic E-state index is 12.8. The highest BCUT2D eigenvalue weighted by Gasteiger charge is 2.28. The van der Waals surface area contributed by atoms with Crippen molar-refractivity contribution in [1.29, 1.82) is 5.26 Å². The quantitative estimate of drug-likeness (QED) is 0.524. The first-order chi connectivity index (χ1) is 13.5. The average Bonchev–Trinajstić information content (AvgIpc) is 2.70. The Morgan fingerprint density at radius 2 is 1.64 bits per heavy atom. The largest absolute Gasteiger partial charge is 0.490 e. The van der Waals surface area contributed by atoms with Crippen LogP contribution >= 0.6 is 0 Å². The zero-order valence-corrected chi connectivity index (χ0v) is 16.3. The molecular formula is C22H24N2O4. The number of anilines is 1. The van der Waals surface area contributed by atoms with Gasteiger partial charge in [0.05, 0.1) is 19.3 Å². The van der Waals surface area contributed by atoms with E-state index >= 15 is 0 Å². The third-order valence-corrected chi connectivity index (χ3v) is 4.11. The molecular weight excluding hydrogens is 356 g/mol. The van der Waals surface area contributed by atoms with Crippen LogP contribution in [-0.4, -0.2) is 24.9 Å². The summed E-state index contributed by atoms with van der Waals surface area (Å²) in [7, 11) is 0. The van der Waals surface area contributed by atoms with Gasteiger partial charge in [0.15, 0.2) is 23.2 Å². The van der Waals surface area contributed by atoms with Gasteiger partial charge in [-0.2, -0.15) is 5.26 Å². The molecule has 0 heterocycles. The van der Waals surface area contributed by atoms with Crippen LogP contribution < -0.4 is 14.8 Å². The second kappa shape index (κ2) is 10.1. The Balaban J connectivity index is 2.20. The van der Waals surface area contributed by atoms with Crippen molar-refractivity contribution in [2.75, 3.05) is 18.5 Å². The van der Waals surface area contributed by atoms with Crippen LogP contribution in [0.2, 0.25) is 0 Å². The lowest BCUT2D eigenvalue weighted by atomic mass is 9.97. The Kier molecular flexibility index (Phi) is 7.58. The van der Waals surface area contributed by atoms with Gasteiger partial charge in [-0.15, -0.1) is 0 Å². The predicted molar refractivity (Wildman–Crippen MR) is 107 cm³/mol. The number of rotatable bonds is 9. The molecule has 0 aliphatic carbocycles. The number of carbonyl (C=O) groups excluding carboxylic acids is 2. The number of Topliss-reactive ketones (excluding diaryl/α,β-unsaturated/α-hetero) is 1. The molecule has 0 aliphatic heterocycles. The van der Waals surface area contributed by atoms with Crippen LogP contribution in [0.4, 0.5) is 5.69 Å². The normalized spacial score (nSPS) is 11.2. The minimum Gasteiger partial charge on any atom is -0.490 e. The molecule has 0 radical (unpaired) electrons. The second-order valence-corrected chi connectivity index (χ2v) is 5.99. The molecule has 1 amide bonds. The molecule has 0 aliphatic rings. The monoisotopic (exact) mass is 380 g/mol. The molecule has 6 heteroatoms. The number of hydrogen-bond acceptors (Lipinski definition) is 5. The molecule has 0 spiro atoms. The molecule has 28 heavy (non-hydrogen) atoms. The highest BCUT2D eigenvalue weighted by Crippen LogP contribution is 2.29. The van der Waals surface area contributed by atoms with Crippen molar-refractivity contribution < 1.29 is 19.1 Å². The Morgan fingerprint density at radius 1 is 1.00 bits per heavy atom. The Morgan fingerprint density at radius 3 is 2.21 bits per heavy atom. The maximum atomic E-state index is 12.8. The molecule has 1 N–H and O–H groups in total. The minimum absolute atomic E-state index is 0.218. The molecule has 2 aromatic carbocycles. The number of amides is 1. The molecule has 6 nitrogen and oxygen atoms in total. The van der Waals surface area contributed by atoms with Crippen molar-refractivity contribution in [1.82, 2.24) is 0 Å². The molecule has 0 aromatic heterocycles. The average molecular weight is 380 g/mol. The second-order valence-electron chi connectivity index (χ2n) is 5.99. The number of nitrogens with one attached hydrogen (secondary N) is 1. The first-order valence-corrected chi connectivity index (χ1v) is 9.27. The van der Waals surface area contributed by atoms with Crippen LogP contribution in [0, 0.1) is 17.2 Å². The van der Waals surface area contributed by atoms with E-state index in [1.54, 1.807) is 24.3 Å². The molecule has 0 saturated heterocycles. The van der Waals surface area contributed by atoms with Crippen molar-refractivity contribution in [2.45, 2.75) is 27.2 Å². The molecule has 2 rings (SSSR count). The van der Waals surface area contributed by atoms with E-state index < -0.39 is 17.6 Å². The van der Waals surface area contributed by atoms with E-state index in [0.717, 1.165) is 12.0 Å². The first-order valence-electron chi connectivity index (χ1n) is 9.27. The zero-order chi connectivity index (χ0) is 20.5. The van der Waals surface area contributed by atoms with Gasteiger partial charge in [-0.05, 0) is 56.2 Å². The van der Waals surface area contributed by atoms with Crippen LogP contribution in [0.1, 0.15) is 36.7 Å². The molecule has 0 fully saturated rings. The summed E-state index contributed by atoms with van der Waals surface area (Å²) in [5.74, 6) is -1.80. The minimum atomic E-state index is -1.46. The first kappa shape index (κ1) is 21.0. The van der Waals surface area contributed by atoms with Crippen molar-refractivity contribution in [3.63, 3.8) is 0 Å². The third-order valence-electron chi connectivity index (χ3n) is 4.11. The van der Waals surface area contributed by atoms with Crippen molar-refractivity contribution in [3.05, 3.63) is 53.6 Å². The lowest BCUT2D eigenvalue weighted by Crippen LogP contribution is -2.28. The van der Waals surface area contributed by atoms with E-state index in [2.05, 4.69) is 5.32 Å². The van der Waals surface area contributed by atoms with E-state index in [1.807, 2.05) is 32.9 Å². The third kappa shape index (κ3) is 5.10. The molecule has 0 bridgehead atoms. The van der Waals surface area contributed by atoms with Gasteiger partial charge in [0, 0.05) is 11.3 Å². The van der Waals surface area contributed by atoms with Gasteiger partial charge < -0.3 is 14.8 Å². The lowest BCUT2D eigenvalue weighted by Gasteiger charge is -2.14. The number of carbonyl (C=O) groups is 2. The van der Waals surface area contributed by atoms with Gasteiger partial charge in [-0.25, -0.2) is 0 Å². The molecule has 1 atom stereocenters. The number of aryl methyl sites for hydroxylation is 1. The number of benzene rings is 2. The summed E-state index contributed by atoms with van der Waals surface area (Å²) >= 11 is 0. The van der Waals surface area contributed by atoms with Crippen molar-refractivity contribution >= 4 is 17.4 Å². The van der Waals surface area contributed by atoms with Crippen molar-refractivity contribution in [3.8, 4) is 17.6 Å². The van der Waals surface area contributed by atoms with Gasteiger partial charge in [-0.1, -0.05) is 19.1 Å². The van der Waals surface area contributed by atoms with Crippen LogP contribution in [-0.2, 0) is 11.2 Å². The molecule has 146 valence electrons. The summed E-state index contributed by atoms with van der Waals surface area (Å²) in [4.78, 5) is 25.2. The summed E-state index contributed by atoms with van der Waals surface area (Å²) in [6.07, 6.45) is 0.882. The molecule has 2 aromatic rings. The van der Waals surface area contributed by atoms with Gasteiger partial charge >= 0.3 is 0 Å². The van der Waals surface area contributed by atoms with Crippen LogP contribution in [0.5, 0.6) is 11.5 Å². The van der Waals surface area contributed by atoms with Crippen LogP contribution in [0.3, 0.4) is 0 Å². The molecule has 0 saturated carbocycles. The highest BCUT2D eigenvalue weighted by atomic mass is 16.5. The van der Waals surface area contributed by atoms with Gasteiger partial charge in [0.25, 0.3) is 0 Å². The lowest BCUT2D eigenvalue weighted by molar-refractivity contribution is -0.117. The summed E-state index contributed by atoms with van der Waals surface area (Å²) in [5.41, 5.74) is 1.88. The van der Waals surface area contributed by atoms with Crippen LogP contribution in [0.25, 0.3) is 0 Å². The van der Waals surface area contributed by atoms with Crippen molar-refractivity contribution in [2.24, 2.45) is 5.92 Å². The van der Waals surface area contributed by atoms with E-state index in [1.165, 1.54) is 12.1 Å². The summed E-state index contributed by atoms with van der Waals surface area (Å²) in [6, 6.07) is 13.7. The van der Waals surface area contributed by atoms with E-state index in [4.69, 9.17) is 9.47 Å². The summed E-state index contributed by atoms with van der Waals surface area (Å²) in [5, 5.41) is 12.0. The number of ketones is 1. The Hall–Kier alpha value is -3.33. The fourth-order valence-corrected chi connectivity index (χ4v) is 2.65. The smallest absolute Gasteiger partial charge is 0.249 e. The maximum Gasteiger partial charge on any atom is 0.249 e. The fourth-order valence-electron chi connectivity index (χ4n) is 2.65. The predicted octanol–water partition coefficient (Wildman–Crippen LogP) is 4.01. The number of ether oxygens (including phenoxy) is 2.